The van der Waals surface area contributed by atoms with E-state index in [0.717, 1.165) is 5.69 Å². The van der Waals surface area contributed by atoms with Crippen LogP contribution in [0.3, 0.4) is 0 Å². The lowest BCUT2D eigenvalue weighted by molar-refractivity contribution is 0.214. The first-order valence-corrected chi connectivity index (χ1v) is 5.52. The molecular formula is C13H11ClFNO. The van der Waals surface area contributed by atoms with Gasteiger partial charge in [-0.3, -0.25) is 4.98 Å². The van der Waals surface area contributed by atoms with Gasteiger partial charge in [-0.15, -0.1) is 0 Å². The molecule has 0 saturated carbocycles. The summed E-state index contributed by atoms with van der Waals surface area (Å²) in [5, 5.41) is 10.4. The van der Waals surface area contributed by atoms with Gasteiger partial charge in [-0.05, 0) is 37.3 Å². The second-order valence-electron chi connectivity index (χ2n) is 3.77. The minimum Gasteiger partial charge on any atom is -0.382 e. The highest BCUT2D eigenvalue weighted by atomic mass is 35.5. The van der Waals surface area contributed by atoms with Gasteiger partial charge in [-0.2, -0.15) is 0 Å². The summed E-state index contributed by atoms with van der Waals surface area (Å²) >= 11 is 5.93. The number of rotatable bonds is 2. The molecule has 1 N–H and O–H groups in total. The Balaban J connectivity index is 2.43. The molecule has 4 heteroatoms. The lowest BCUT2D eigenvalue weighted by Crippen LogP contribution is -2.04. The van der Waals surface area contributed by atoms with Crippen LogP contribution in [-0.2, 0) is 0 Å². The number of benzene rings is 1. The number of aliphatic hydroxyl groups is 1. The van der Waals surface area contributed by atoms with Crippen molar-refractivity contribution in [2.45, 2.75) is 13.0 Å². The maximum atomic E-state index is 13.1. The summed E-state index contributed by atoms with van der Waals surface area (Å²) in [6, 6.07) is 9.18. The Morgan fingerprint density at radius 3 is 2.76 bits per heavy atom. The summed E-state index contributed by atoms with van der Waals surface area (Å²) in [7, 11) is 0. The molecule has 2 aromatic rings. The highest BCUT2D eigenvalue weighted by Crippen LogP contribution is 2.27. The predicted molar refractivity (Wildman–Crippen MR) is 64.4 cm³/mol. The van der Waals surface area contributed by atoms with Gasteiger partial charge in [0.2, 0.25) is 0 Å². The molecule has 0 amide bonds. The number of nitrogens with zero attached hydrogens (tertiary/aromatic N) is 1. The van der Waals surface area contributed by atoms with E-state index in [1.807, 2.05) is 13.0 Å². The zero-order valence-electron chi connectivity index (χ0n) is 9.19. The molecule has 1 aromatic heterocycles. The molecule has 88 valence electrons. The van der Waals surface area contributed by atoms with Gasteiger partial charge < -0.3 is 5.11 Å². The molecule has 2 rings (SSSR count). The Labute approximate surface area is 104 Å². The summed E-state index contributed by atoms with van der Waals surface area (Å²) in [4.78, 5) is 4.19. The van der Waals surface area contributed by atoms with Crippen LogP contribution in [0, 0.1) is 12.7 Å². The van der Waals surface area contributed by atoms with Crippen LogP contribution in [0.2, 0.25) is 5.02 Å². The smallest absolute Gasteiger partial charge is 0.123 e. The van der Waals surface area contributed by atoms with Crippen molar-refractivity contribution in [1.82, 2.24) is 4.98 Å². The van der Waals surface area contributed by atoms with E-state index < -0.39 is 11.9 Å². The van der Waals surface area contributed by atoms with Crippen LogP contribution in [0.25, 0.3) is 0 Å². The fourth-order valence-electron chi connectivity index (χ4n) is 1.60. The molecule has 1 atom stereocenters. The van der Waals surface area contributed by atoms with Crippen LogP contribution in [0.15, 0.2) is 36.4 Å². The quantitative estimate of drug-likeness (QED) is 0.889. The van der Waals surface area contributed by atoms with Crippen LogP contribution >= 0.6 is 11.6 Å². The first-order valence-electron chi connectivity index (χ1n) is 5.14. The van der Waals surface area contributed by atoms with Gasteiger partial charge in [0.25, 0.3) is 0 Å². The van der Waals surface area contributed by atoms with Crippen molar-refractivity contribution in [3.05, 3.63) is 64.2 Å². The van der Waals surface area contributed by atoms with Crippen molar-refractivity contribution < 1.29 is 9.50 Å². The summed E-state index contributed by atoms with van der Waals surface area (Å²) in [6.07, 6.45) is -1.02. The third-order valence-electron chi connectivity index (χ3n) is 2.44. The molecule has 0 aliphatic heterocycles. The number of aryl methyl sites for hydroxylation is 1. The number of hydrogen-bond acceptors (Lipinski definition) is 2. The monoisotopic (exact) mass is 251 g/mol. The van der Waals surface area contributed by atoms with Crippen LogP contribution in [0.5, 0.6) is 0 Å². The molecular weight excluding hydrogens is 241 g/mol. The van der Waals surface area contributed by atoms with Crippen molar-refractivity contribution in [1.29, 1.82) is 0 Å². The van der Waals surface area contributed by atoms with E-state index in [1.165, 1.54) is 18.2 Å². The van der Waals surface area contributed by atoms with Crippen molar-refractivity contribution in [3.8, 4) is 0 Å². The van der Waals surface area contributed by atoms with Crippen LogP contribution in [0.4, 0.5) is 4.39 Å². The molecule has 0 bridgehead atoms. The SMILES string of the molecule is Cc1cccc(C(O)c2cc(F)ccc2Cl)n1. The summed E-state index contributed by atoms with van der Waals surface area (Å²) in [6.45, 7) is 1.82. The Kier molecular flexibility index (Phi) is 3.41. The van der Waals surface area contributed by atoms with Crippen LogP contribution in [-0.4, -0.2) is 10.1 Å². The van der Waals surface area contributed by atoms with Crippen LogP contribution in [0.1, 0.15) is 23.1 Å². The zero-order valence-corrected chi connectivity index (χ0v) is 9.95. The van der Waals surface area contributed by atoms with E-state index in [0.29, 0.717) is 16.3 Å². The highest BCUT2D eigenvalue weighted by molar-refractivity contribution is 6.31. The minimum atomic E-state index is -1.02. The standard InChI is InChI=1S/C13H11ClFNO/c1-8-3-2-4-12(16-8)13(17)10-7-9(15)5-6-11(10)14/h2-7,13,17H,1H3. The Morgan fingerprint density at radius 2 is 2.06 bits per heavy atom. The zero-order chi connectivity index (χ0) is 12.4. The van der Waals surface area contributed by atoms with E-state index in [4.69, 9.17) is 11.6 Å². The molecule has 1 unspecified atom stereocenters. The largest absolute Gasteiger partial charge is 0.382 e. The summed E-state index contributed by atoms with van der Waals surface area (Å²) in [5.74, 6) is -0.434. The lowest BCUT2D eigenvalue weighted by Gasteiger charge is -2.12. The van der Waals surface area contributed by atoms with Gasteiger partial charge in [0.1, 0.15) is 11.9 Å². The normalized spacial score (nSPS) is 12.5. The van der Waals surface area contributed by atoms with Crippen molar-refractivity contribution >= 4 is 11.6 Å². The molecule has 1 heterocycles. The molecule has 17 heavy (non-hydrogen) atoms. The molecule has 0 fully saturated rings. The Bertz CT molecular complexity index is 545. The first kappa shape index (κ1) is 12.0. The van der Waals surface area contributed by atoms with E-state index in [2.05, 4.69) is 4.98 Å². The molecule has 0 saturated heterocycles. The summed E-state index contributed by atoms with van der Waals surface area (Å²) < 4.78 is 13.1. The fraction of sp³-hybridized carbons (Fsp3) is 0.154. The molecule has 1 aromatic carbocycles. The average molecular weight is 252 g/mol. The fourth-order valence-corrected chi connectivity index (χ4v) is 1.82. The third kappa shape index (κ3) is 2.62. The number of pyridine rings is 1. The van der Waals surface area contributed by atoms with Gasteiger partial charge in [-0.25, -0.2) is 4.39 Å². The minimum absolute atomic E-state index is 0.321. The third-order valence-corrected chi connectivity index (χ3v) is 2.79. The topological polar surface area (TPSA) is 33.1 Å². The molecule has 2 nitrogen and oxygen atoms in total. The molecule has 0 radical (unpaired) electrons. The maximum Gasteiger partial charge on any atom is 0.123 e. The number of halogens is 2. The maximum absolute atomic E-state index is 13.1. The first-order chi connectivity index (χ1) is 8.08. The van der Waals surface area contributed by atoms with Gasteiger partial charge >= 0.3 is 0 Å². The van der Waals surface area contributed by atoms with Gasteiger partial charge in [0.15, 0.2) is 0 Å². The lowest BCUT2D eigenvalue weighted by atomic mass is 10.1. The van der Waals surface area contributed by atoms with E-state index in [9.17, 15) is 9.50 Å². The number of hydrogen-bond donors (Lipinski definition) is 1. The Morgan fingerprint density at radius 1 is 1.29 bits per heavy atom. The molecule has 0 aliphatic carbocycles. The van der Waals surface area contributed by atoms with Crippen molar-refractivity contribution in [2.24, 2.45) is 0 Å². The second kappa shape index (κ2) is 4.82. The highest BCUT2D eigenvalue weighted by Gasteiger charge is 2.16. The molecule has 0 spiro atoms. The van der Waals surface area contributed by atoms with E-state index in [-0.39, 0.29) is 0 Å². The molecule has 0 aliphatic rings. The van der Waals surface area contributed by atoms with Gasteiger partial charge in [0.05, 0.1) is 5.69 Å². The average Bonchev–Trinajstić information content (AvgIpc) is 2.31. The number of aromatic nitrogens is 1. The van der Waals surface area contributed by atoms with E-state index in [1.54, 1.807) is 12.1 Å². The number of aliphatic hydroxyl groups excluding tert-OH is 1. The van der Waals surface area contributed by atoms with Crippen molar-refractivity contribution in [2.75, 3.05) is 0 Å². The van der Waals surface area contributed by atoms with E-state index >= 15 is 0 Å². The van der Waals surface area contributed by atoms with Gasteiger partial charge in [-0.1, -0.05) is 17.7 Å². The predicted octanol–water partition coefficient (Wildman–Crippen LogP) is 3.26. The van der Waals surface area contributed by atoms with Crippen molar-refractivity contribution in [3.63, 3.8) is 0 Å². The van der Waals surface area contributed by atoms with Gasteiger partial charge in [0, 0.05) is 16.3 Å². The van der Waals surface area contributed by atoms with Crippen LogP contribution < -0.4 is 0 Å². The second-order valence-corrected chi connectivity index (χ2v) is 4.18. The Hall–Kier alpha value is -1.45. The summed E-state index contributed by atoms with van der Waals surface area (Å²) in [5.41, 5.74) is 1.57.